The summed E-state index contributed by atoms with van der Waals surface area (Å²) in [5.41, 5.74) is 0. The van der Waals surface area contributed by atoms with Crippen molar-refractivity contribution in [1.82, 2.24) is 0 Å². The molecule has 0 amide bonds. The summed E-state index contributed by atoms with van der Waals surface area (Å²) in [4.78, 5) is 0. The van der Waals surface area contributed by atoms with Crippen LogP contribution in [0.3, 0.4) is 0 Å². The van der Waals surface area contributed by atoms with Gasteiger partial charge in [0.05, 0.1) is 18.3 Å². The summed E-state index contributed by atoms with van der Waals surface area (Å²) in [6.45, 7) is 8.42. The number of ether oxygens (including phenoxy) is 2. The Bertz CT molecular complexity index is 261. The van der Waals surface area contributed by atoms with Crippen LogP contribution >= 0.6 is 17.2 Å². The first-order chi connectivity index (χ1) is 9.17. The van der Waals surface area contributed by atoms with Crippen molar-refractivity contribution in [2.45, 2.75) is 57.8 Å². The van der Waals surface area contributed by atoms with E-state index in [0.29, 0.717) is 12.0 Å². The lowest BCUT2D eigenvalue weighted by molar-refractivity contribution is -0.0166. The van der Waals surface area contributed by atoms with Gasteiger partial charge in [-0.15, -0.1) is 23.8 Å². The average Bonchev–Trinajstić information content (AvgIpc) is 2.73. The molecule has 7 atom stereocenters. The molecule has 0 bridgehead atoms. The van der Waals surface area contributed by atoms with E-state index in [2.05, 4.69) is 29.4 Å². The Labute approximate surface area is 123 Å². The Hall–Kier alpha value is 0.520. The summed E-state index contributed by atoms with van der Waals surface area (Å²) in [7, 11) is 5.64. The van der Waals surface area contributed by atoms with Gasteiger partial charge in [-0.1, -0.05) is 19.9 Å². The molecule has 1 rings (SSSR count). The normalized spacial score (nSPS) is 33.1. The maximum atomic E-state index is 6.26. The second-order valence-electron chi connectivity index (χ2n) is 5.59. The summed E-state index contributed by atoms with van der Waals surface area (Å²) < 4.78 is 12.0. The molecule has 0 spiro atoms. The summed E-state index contributed by atoms with van der Waals surface area (Å²) in [6.07, 6.45) is 8.58. The van der Waals surface area contributed by atoms with E-state index in [1.54, 1.807) is 0 Å². The molecule has 112 valence electrons. The standard InChI is InChI=1S/C15H30O2P2/c1-5-7-13-12(6-2)15(16-4)14(17-13)10-11(3)8-9-19-18/h5,11-15,19H,1,6-10,18H2,2-4H3/t11-,12+,13+,14-,15-/m1/s1. The largest absolute Gasteiger partial charge is 0.378 e. The predicted molar refractivity (Wildman–Crippen MR) is 89.3 cm³/mol. The average molecular weight is 304 g/mol. The molecular weight excluding hydrogens is 274 g/mol. The van der Waals surface area contributed by atoms with Gasteiger partial charge in [0.2, 0.25) is 0 Å². The second kappa shape index (κ2) is 9.46. The highest BCUT2D eigenvalue weighted by Gasteiger charge is 2.43. The first-order valence-electron chi connectivity index (χ1n) is 7.40. The monoisotopic (exact) mass is 304 g/mol. The van der Waals surface area contributed by atoms with Crippen LogP contribution < -0.4 is 0 Å². The molecule has 0 saturated carbocycles. The minimum Gasteiger partial charge on any atom is -0.378 e. The summed E-state index contributed by atoms with van der Waals surface area (Å²) in [6, 6.07) is 0. The second-order valence-corrected chi connectivity index (χ2v) is 7.73. The Morgan fingerprint density at radius 2 is 2.21 bits per heavy atom. The Morgan fingerprint density at radius 1 is 1.47 bits per heavy atom. The van der Waals surface area contributed by atoms with Gasteiger partial charge in [0.25, 0.3) is 0 Å². The van der Waals surface area contributed by atoms with Crippen molar-refractivity contribution >= 4 is 17.2 Å². The van der Waals surface area contributed by atoms with E-state index in [9.17, 15) is 0 Å². The molecule has 0 N–H and O–H groups in total. The number of methoxy groups -OCH3 is 1. The van der Waals surface area contributed by atoms with Crippen LogP contribution in [0.4, 0.5) is 0 Å². The molecule has 0 aromatic rings. The van der Waals surface area contributed by atoms with E-state index in [4.69, 9.17) is 9.47 Å². The molecule has 19 heavy (non-hydrogen) atoms. The zero-order chi connectivity index (χ0) is 14.3. The molecule has 0 aliphatic carbocycles. The Morgan fingerprint density at radius 3 is 2.74 bits per heavy atom. The summed E-state index contributed by atoms with van der Waals surface area (Å²) >= 11 is 0. The first-order valence-corrected chi connectivity index (χ1v) is 10.4. The molecule has 4 heteroatoms. The highest BCUT2D eigenvalue weighted by atomic mass is 32.0. The van der Waals surface area contributed by atoms with Crippen molar-refractivity contribution in [2.75, 3.05) is 13.3 Å². The molecule has 2 nitrogen and oxygen atoms in total. The van der Waals surface area contributed by atoms with E-state index >= 15 is 0 Å². The lowest BCUT2D eigenvalue weighted by atomic mass is 9.89. The van der Waals surface area contributed by atoms with Gasteiger partial charge in [-0.05, 0) is 37.8 Å². The quantitative estimate of drug-likeness (QED) is 0.468. The third-order valence-electron chi connectivity index (χ3n) is 4.17. The Kier molecular flexibility index (Phi) is 8.74. The lowest BCUT2D eigenvalue weighted by Crippen LogP contribution is -2.30. The van der Waals surface area contributed by atoms with E-state index in [0.717, 1.165) is 33.4 Å². The summed E-state index contributed by atoms with van der Waals surface area (Å²) in [5, 5.41) is 0. The molecule has 2 unspecified atom stereocenters. The van der Waals surface area contributed by atoms with Gasteiger partial charge in [-0.2, -0.15) is 0 Å². The number of rotatable bonds is 9. The molecule has 0 radical (unpaired) electrons. The zero-order valence-corrected chi connectivity index (χ0v) is 14.8. The van der Waals surface area contributed by atoms with Crippen molar-refractivity contribution in [3.63, 3.8) is 0 Å². The first kappa shape index (κ1) is 17.6. The fourth-order valence-electron chi connectivity index (χ4n) is 3.14. The number of hydrogen-bond acceptors (Lipinski definition) is 2. The molecule has 0 aromatic carbocycles. The smallest absolute Gasteiger partial charge is 0.0885 e. The fraction of sp³-hybridized carbons (Fsp3) is 0.867. The number of hydrogen-bond donors (Lipinski definition) is 0. The maximum absolute atomic E-state index is 6.26. The van der Waals surface area contributed by atoms with Crippen LogP contribution in [0.2, 0.25) is 0 Å². The van der Waals surface area contributed by atoms with E-state index < -0.39 is 0 Å². The molecule has 1 saturated heterocycles. The highest BCUT2D eigenvalue weighted by molar-refractivity contribution is 8.02. The van der Waals surface area contributed by atoms with Crippen LogP contribution in [0.25, 0.3) is 0 Å². The van der Waals surface area contributed by atoms with E-state index in [-0.39, 0.29) is 12.2 Å². The molecular formula is C15H30O2P2. The summed E-state index contributed by atoms with van der Waals surface area (Å²) in [5.74, 6) is 1.24. The van der Waals surface area contributed by atoms with Crippen LogP contribution in [-0.4, -0.2) is 31.6 Å². The van der Waals surface area contributed by atoms with Gasteiger partial charge in [-0.3, -0.25) is 0 Å². The van der Waals surface area contributed by atoms with Crippen molar-refractivity contribution < 1.29 is 9.47 Å². The maximum Gasteiger partial charge on any atom is 0.0885 e. The minimum absolute atomic E-state index is 0.260. The van der Waals surface area contributed by atoms with Crippen LogP contribution in [0.1, 0.15) is 39.5 Å². The van der Waals surface area contributed by atoms with Crippen LogP contribution in [0, 0.1) is 11.8 Å². The van der Waals surface area contributed by atoms with E-state index in [1.807, 2.05) is 13.2 Å². The molecule has 0 aromatic heterocycles. The zero-order valence-electron chi connectivity index (χ0n) is 12.6. The topological polar surface area (TPSA) is 18.5 Å². The molecule has 1 aliphatic heterocycles. The molecule has 1 heterocycles. The fourth-order valence-corrected chi connectivity index (χ4v) is 4.30. The van der Waals surface area contributed by atoms with Gasteiger partial charge < -0.3 is 9.47 Å². The van der Waals surface area contributed by atoms with E-state index in [1.165, 1.54) is 12.6 Å². The van der Waals surface area contributed by atoms with Crippen LogP contribution in [-0.2, 0) is 9.47 Å². The third-order valence-corrected chi connectivity index (χ3v) is 5.62. The van der Waals surface area contributed by atoms with Gasteiger partial charge >= 0.3 is 0 Å². The highest BCUT2D eigenvalue weighted by Crippen LogP contribution is 2.37. The molecule has 1 aliphatic rings. The van der Waals surface area contributed by atoms with Crippen molar-refractivity contribution in [3.05, 3.63) is 12.7 Å². The Balaban J connectivity index is 2.58. The molecule has 1 fully saturated rings. The van der Waals surface area contributed by atoms with Crippen LogP contribution in [0.15, 0.2) is 12.7 Å². The van der Waals surface area contributed by atoms with Crippen LogP contribution in [0.5, 0.6) is 0 Å². The van der Waals surface area contributed by atoms with Crippen molar-refractivity contribution in [1.29, 1.82) is 0 Å². The van der Waals surface area contributed by atoms with Gasteiger partial charge in [0.1, 0.15) is 0 Å². The third kappa shape index (κ3) is 5.09. The van der Waals surface area contributed by atoms with Gasteiger partial charge in [0, 0.05) is 13.0 Å². The van der Waals surface area contributed by atoms with Gasteiger partial charge in [-0.25, -0.2) is 0 Å². The van der Waals surface area contributed by atoms with Crippen molar-refractivity contribution in [2.24, 2.45) is 11.8 Å². The minimum atomic E-state index is 0.260. The van der Waals surface area contributed by atoms with Crippen molar-refractivity contribution in [3.8, 4) is 0 Å². The predicted octanol–water partition coefficient (Wildman–Crippen LogP) is 4.26. The lowest BCUT2D eigenvalue weighted by Gasteiger charge is -2.23. The van der Waals surface area contributed by atoms with Gasteiger partial charge in [0.15, 0.2) is 0 Å². The SMILES string of the molecule is C=CC[C@@H]1O[C@H](C[C@H](C)CCPP)[C@H](OC)[C@H]1CC.